The van der Waals surface area contributed by atoms with Gasteiger partial charge in [-0.05, 0) is 24.3 Å². The molecular weight excluding hydrogens is 288 g/mol. The highest BCUT2D eigenvalue weighted by molar-refractivity contribution is 6.30. The lowest BCUT2D eigenvalue weighted by molar-refractivity contribution is -0.917. The summed E-state index contributed by atoms with van der Waals surface area (Å²) in [5.41, 5.74) is 1.24. The van der Waals surface area contributed by atoms with Gasteiger partial charge >= 0.3 is 0 Å². The number of quaternary nitrogens is 1. The van der Waals surface area contributed by atoms with Crippen molar-refractivity contribution in [2.45, 2.75) is 6.54 Å². The van der Waals surface area contributed by atoms with Crippen molar-refractivity contribution in [1.82, 2.24) is 4.90 Å². The van der Waals surface area contributed by atoms with Crippen LogP contribution in [0.25, 0.3) is 0 Å². The summed E-state index contributed by atoms with van der Waals surface area (Å²) < 4.78 is 5.17. The van der Waals surface area contributed by atoms with Crippen LogP contribution in [0.4, 0.5) is 0 Å². The molecule has 0 saturated carbocycles. The number of benzene rings is 1. The zero-order valence-corrected chi connectivity index (χ0v) is 12.5. The third kappa shape index (κ3) is 3.46. The fourth-order valence-corrected chi connectivity index (χ4v) is 2.91. The van der Waals surface area contributed by atoms with E-state index in [0.717, 1.165) is 37.7 Å². The van der Waals surface area contributed by atoms with Gasteiger partial charge in [-0.15, -0.1) is 0 Å². The molecule has 110 valence electrons. The normalized spacial score (nSPS) is 16.1. The molecule has 2 heterocycles. The van der Waals surface area contributed by atoms with Gasteiger partial charge in [-0.2, -0.15) is 0 Å². The van der Waals surface area contributed by atoms with Crippen LogP contribution < -0.4 is 4.90 Å². The van der Waals surface area contributed by atoms with E-state index in [9.17, 15) is 4.79 Å². The molecule has 1 fully saturated rings. The first kappa shape index (κ1) is 14.2. The Kier molecular flexibility index (Phi) is 4.27. The van der Waals surface area contributed by atoms with Gasteiger partial charge in [0.1, 0.15) is 6.54 Å². The zero-order chi connectivity index (χ0) is 14.7. The summed E-state index contributed by atoms with van der Waals surface area (Å²) in [6.07, 6.45) is 1.54. The molecule has 1 amide bonds. The molecule has 5 heteroatoms. The van der Waals surface area contributed by atoms with Gasteiger partial charge in [0, 0.05) is 10.6 Å². The second-order valence-electron chi connectivity index (χ2n) is 5.33. The Balaban J connectivity index is 1.54. The summed E-state index contributed by atoms with van der Waals surface area (Å²) in [5.74, 6) is 0.412. The number of piperazine rings is 1. The molecule has 1 aliphatic rings. The van der Waals surface area contributed by atoms with Crippen molar-refractivity contribution in [2.24, 2.45) is 0 Å². The second kappa shape index (κ2) is 6.33. The average molecular weight is 306 g/mol. The highest BCUT2D eigenvalue weighted by Crippen LogP contribution is 2.10. The van der Waals surface area contributed by atoms with Gasteiger partial charge in [0.05, 0.1) is 32.4 Å². The summed E-state index contributed by atoms with van der Waals surface area (Å²) >= 11 is 6.01. The maximum Gasteiger partial charge on any atom is 0.289 e. The summed E-state index contributed by atoms with van der Waals surface area (Å²) in [6.45, 7) is 4.35. The van der Waals surface area contributed by atoms with Gasteiger partial charge in [0.25, 0.3) is 5.91 Å². The van der Waals surface area contributed by atoms with Crippen molar-refractivity contribution in [3.63, 3.8) is 0 Å². The number of carbonyl (C=O) groups is 1. The van der Waals surface area contributed by atoms with Gasteiger partial charge in [-0.1, -0.05) is 23.7 Å². The largest absolute Gasteiger partial charge is 0.459 e. The molecule has 0 radical (unpaired) electrons. The van der Waals surface area contributed by atoms with E-state index in [4.69, 9.17) is 16.0 Å². The van der Waals surface area contributed by atoms with Crippen molar-refractivity contribution < 1.29 is 14.1 Å². The highest BCUT2D eigenvalue weighted by atomic mass is 35.5. The van der Waals surface area contributed by atoms with E-state index in [-0.39, 0.29) is 5.91 Å². The van der Waals surface area contributed by atoms with E-state index in [0.29, 0.717) is 5.76 Å². The minimum absolute atomic E-state index is 0.0122. The first-order valence-electron chi connectivity index (χ1n) is 7.13. The zero-order valence-electron chi connectivity index (χ0n) is 11.7. The van der Waals surface area contributed by atoms with E-state index in [2.05, 4.69) is 6.07 Å². The molecule has 1 saturated heterocycles. The number of amides is 1. The molecule has 2 aromatic rings. The van der Waals surface area contributed by atoms with Crippen molar-refractivity contribution >= 4 is 17.5 Å². The van der Waals surface area contributed by atoms with Crippen molar-refractivity contribution in [3.8, 4) is 0 Å². The van der Waals surface area contributed by atoms with Gasteiger partial charge in [0.2, 0.25) is 0 Å². The first-order chi connectivity index (χ1) is 10.2. The number of halogens is 1. The number of carbonyl (C=O) groups excluding carboxylic acids is 1. The Morgan fingerprint density at radius 2 is 2.05 bits per heavy atom. The van der Waals surface area contributed by atoms with Crippen LogP contribution in [-0.4, -0.2) is 37.0 Å². The Labute approximate surface area is 128 Å². The SMILES string of the molecule is O=C(c1ccco1)N1CC[NH+](Cc2cccc(Cl)c2)CC1. The number of nitrogens with zero attached hydrogens (tertiary/aromatic N) is 1. The van der Waals surface area contributed by atoms with Crippen LogP contribution in [0.5, 0.6) is 0 Å². The molecule has 4 nitrogen and oxygen atoms in total. The van der Waals surface area contributed by atoms with Crippen molar-refractivity contribution in [3.05, 3.63) is 59.0 Å². The highest BCUT2D eigenvalue weighted by Gasteiger charge is 2.25. The quantitative estimate of drug-likeness (QED) is 0.932. The molecular formula is C16H18ClN2O2+. The van der Waals surface area contributed by atoms with Crippen LogP contribution in [-0.2, 0) is 6.54 Å². The number of rotatable bonds is 3. The third-order valence-electron chi connectivity index (χ3n) is 3.83. The predicted molar refractivity (Wildman–Crippen MR) is 80.5 cm³/mol. The lowest BCUT2D eigenvalue weighted by Crippen LogP contribution is -3.13. The molecule has 0 aliphatic carbocycles. The Morgan fingerprint density at radius 3 is 2.71 bits per heavy atom. The molecule has 21 heavy (non-hydrogen) atoms. The van der Waals surface area contributed by atoms with Crippen molar-refractivity contribution in [1.29, 1.82) is 0 Å². The van der Waals surface area contributed by atoms with Gasteiger partial charge < -0.3 is 14.2 Å². The monoisotopic (exact) mass is 305 g/mol. The maximum absolute atomic E-state index is 12.2. The molecule has 3 rings (SSSR count). The van der Waals surface area contributed by atoms with E-state index in [1.807, 2.05) is 23.1 Å². The van der Waals surface area contributed by atoms with E-state index in [1.165, 1.54) is 16.7 Å². The lowest BCUT2D eigenvalue weighted by atomic mass is 10.2. The molecule has 0 spiro atoms. The van der Waals surface area contributed by atoms with E-state index >= 15 is 0 Å². The van der Waals surface area contributed by atoms with E-state index in [1.54, 1.807) is 12.1 Å². The number of furan rings is 1. The number of hydrogen-bond acceptors (Lipinski definition) is 2. The summed E-state index contributed by atoms with van der Waals surface area (Å²) in [7, 11) is 0. The fourth-order valence-electron chi connectivity index (χ4n) is 2.69. The molecule has 0 unspecified atom stereocenters. The topological polar surface area (TPSA) is 37.9 Å². The van der Waals surface area contributed by atoms with Crippen LogP contribution in [0.15, 0.2) is 47.1 Å². The second-order valence-corrected chi connectivity index (χ2v) is 5.76. The molecule has 0 bridgehead atoms. The Hall–Kier alpha value is -1.78. The lowest BCUT2D eigenvalue weighted by Gasteiger charge is -2.31. The molecule has 1 aliphatic heterocycles. The number of nitrogens with one attached hydrogen (secondary N) is 1. The molecule has 0 atom stereocenters. The minimum atomic E-state index is -0.0122. The average Bonchev–Trinajstić information content (AvgIpc) is 3.01. The maximum atomic E-state index is 12.2. The van der Waals surface area contributed by atoms with Crippen LogP contribution in [0.2, 0.25) is 5.02 Å². The smallest absolute Gasteiger partial charge is 0.289 e. The molecule has 1 aromatic carbocycles. The van der Waals surface area contributed by atoms with Crippen LogP contribution in [0, 0.1) is 0 Å². The minimum Gasteiger partial charge on any atom is -0.459 e. The van der Waals surface area contributed by atoms with Gasteiger partial charge in [0.15, 0.2) is 5.76 Å². The first-order valence-corrected chi connectivity index (χ1v) is 7.51. The van der Waals surface area contributed by atoms with Crippen LogP contribution in [0.1, 0.15) is 16.1 Å². The van der Waals surface area contributed by atoms with Crippen LogP contribution >= 0.6 is 11.6 Å². The van der Waals surface area contributed by atoms with Crippen LogP contribution in [0.3, 0.4) is 0 Å². The third-order valence-corrected chi connectivity index (χ3v) is 4.07. The summed E-state index contributed by atoms with van der Waals surface area (Å²) in [4.78, 5) is 15.5. The van der Waals surface area contributed by atoms with Crippen molar-refractivity contribution in [2.75, 3.05) is 26.2 Å². The summed E-state index contributed by atoms with van der Waals surface area (Å²) in [6, 6.07) is 11.4. The Bertz CT molecular complexity index is 604. The standard InChI is InChI=1S/C16H17ClN2O2/c17-14-4-1-3-13(11-14)12-18-6-8-19(9-7-18)16(20)15-5-2-10-21-15/h1-5,10-11H,6-9,12H2/p+1. The molecule has 1 N–H and O–H groups in total. The Morgan fingerprint density at radius 1 is 1.24 bits per heavy atom. The predicted octanol–water partition coefficient (Wildman–Crippen LogP) is 1.47. The van der Waals surface area contributed by atoms with Gasteiger partial charge in [-0.25, -0.2) is 0 Å². The summed E-state index contributed by atoms with van der Waals surface area (Å²) in [5, 5.41) is 0.776. The number of hydrogen-bond donors (Lipinski definition) is 1. The van der Waals surface area contributed by atoms with Gasteiger partial charge in [-0.3, -0.25) is 4.79 Å². The van der Waals surface area contributed by atoms with E-state index < -0.39 is 0 Å². The fraction of sp³-hybridized carbons (Fsp3) is 0.312. The molecule has 1 aromatic heterocycles.